The summed E-state index contributed by atoms with van der Waals surface area (Å²) in [6.45, 7) is 3.93. The third-order valence-electron chi connectivity index (χ3n) is 2.92. The average molecular weight is 224 g/mol. The van der Waals surface area contributed by atoms with Crippen molar-refractivity contribution in [3.8, 4) is 0 Å². The summed E-state index contributed by atoms with van der Waals surface area (Å²) >= 11 is 0. The second-order valence-electron chi connectivity index (χ2n) is 4.85. The van der Waals surface area contributed by atoms with E-state index in [4.69, 9.17) is 5.73 Å². The van der Waals surface area contributed by atoms with Crippen LogP contribution >= 0.6 is 0 Å². The molecule has 1 atom stereocenters. The zero-order chi connectivity index (χ0) is 11.8. The topological polar surface area (TPSA) is 49.5 Å². The summed E-state index contributed by atoms with van der Waals surface area (Å²) in [5, 5.41) is 9.81. The normalized spacial score (nSPS) is 26.2. The molecule has 0 spiro atoms. The van der Waals surface area contributed by atoms with Crippen molar-refractivity contribution < 1.29 is 9.50 Å². The highest BCUT2D eigenvalue weighted by atomic mass is 19.1. The van der Waals surface area contributed by atoms with Crippen LogP contribution in [0.3, 0.4) is 0 Å². The molecule has 0 amide bonds. The number of hydrogen-bond acceptors (Lipinski definition) is 3. The fraction of sp³-hybridized carbons (Fsp3) is 0.500. The number of nitrogens with zero attached hydrogens (tertiary/aromatic N) is 1. The lowest BCUT2D eigenvalue weighted by molar-refractivity contribution is 0.0679. The van der Waals surface area contributed by atoms with Gasteiger partial charge >= 0.3 is 0 Å². The van der Waals surface area contributed by atoms with E-state index in [1.54, 1.807) is 6.07 Å². The van der Waals surface area contributed by atoms with Crippen LogP contribution in [-0.4, -0.2) is 28.7 Å². The number of nitrogen functional groups attached to an aromatic ring is 1. The first-order valence-corrected chi connectivity index (χ1v) is 5.44. The van der Waals surface area contributed by atoms with Gasteiger partial charge in [-0.15, -0.1) is 0 Å². The van der Waals surface area contributed by atoms with E-state index in [1.165, 1.54) is 12.1 Å². The summed E-state index contributed by atoms with van der Waals surface area (Å²) in [7, 11) is 0. The first kappa shape index (κ1) is 11.4. The molecule has 1 heterocycles. The molecule has 1 aliphatic heterocycles. The maximum atomic E-state index is 13.1. The number of β-amino-alcohol motifs (C(OH)–C–C–N with tert-alkyl or cyclic N) is 1. The number of aliphatic hydroxyl groups is 1. The molecule has 1 aliphatic rings. The third kappa shape index (κ3) is 2.71. The lowest BCUT2D eigenvalue weighted by atomic mass is 10.1. The Hall–Kier alpha value is -1.13. The van der Waals surface area contributed by atoms with E-state index in [0.717, 1.165) is 18.5 Å². The molecule has 0 aliphatic carbocycles. The standard InChI is InChI=1S/C12H17FN2O/c1-12(16)2-3-15(8-12)7-9-4-10(13)6-11(14)5-9/h4-6,16H,2-3,7-8,14H2,1H3. The zero-order valence-electron chi connectivity index (χ0n) is 9.41. The zero-order valence-corrected chi connectivity index (χ0v) is 9.41. The predicted molar refractivity (Wildman–Crippen MR) is 61.3 cm³/mol. The van der Waals surface area contributed by atoms with Gasteiger partial charge in [0.2, 0.25) is 0 Å². The van der Waals surface area contributed by atoms with Gasteiger partial charge < -0.3 is 10.8 Å². The molecule has 0 aromatic heterocycles. The quantitative estimate of drug-likeness (QED) is 0.746. The van der Waals surface area contributed by atoms with E-state index >= 15 is 0 Å². The number of rotatable bonds is 2. The van der Waals surface area contributed by atoms with Gasteiger partial charge in [0.1, 0.15) is 5.82 Å². The monoisotopic (exact) mass is 224 g/mol. The highest BCUT2D eigenvalue weighted by Crippen LogP contribution is 2.22. The minimum Gasteiger partial charge on any atom is -0.399 e. The summed E-state index contributed by atoms with van der Waals surface area (Å²) in [4.78, 5) is 2.11. The predicted octanol–water partition coefficient (Wildman–Crippen LogP) is 1.36. The molecule has 0 radical (unpaired) electrons. The van der Waals surface area contributed by atoms with Crippen molar-refractivity contribution in [2.24, 2.45) is 0 Å². The molecule has 4 heteroatoms. The van der Waals surface area contributed by atoms with Crippen LogP contribution in [0.25, 0.3) is 0 Å². The van der Waals surface area contributed by atoms with Gasteiger partial charge in [0.25, 0.3) is 0 Å². The fourth-order valence-corrected chi connectivity index (χ4v) is 2.20. The van der Waals surface area contributed by atoms with Crippen LogP contribution in [0.5, 0.6) is 0 Å². The fourth-order valence-electron chi connectivity index (χ4n) is 2.20. The minimum absolute atomic E-state index is 0.305. The molecule has 16 heavy (non-hydrogen) atoms. The molecule has 1 unspecified atom stereocenters. The highest BCUT2D eigenvalue weighted by molar-refractivity contribution is 5.41. The van der Waals surface area contributed by atoms with Gasteiger partial charge in [0, 0.05) is 25.3 Å². The molecule has 3 nitrogen and oxygen atoms in total. The van der Waals surface area contributed by atoms with Gasteiger partial charge in [-0.05, 0) is 37.1 Å². The Labute approximate surface area is 94.7 Å². The molecule has 1 aromatic rings. The van der Waals surface area contributed by atoms with Crippen LogP contribution in [0.4, 0.5) is 10.1 Å². The van der Waals surface area contributed by atoms with Crippen molar-refractivity contribution in [1.82, 2.24) is 4.90 Å². The maximum absolute atomic E-state index is 13.1. The summed E-state index contributed by atoms with van der Waals surface area (Å²) in [5.74, 6) is -0.305. The van der Waals surface area contributed by atoms with E-state index in [9.17, 15) is 9.50 Å². The molecular weight excluding hydrogens is 207 g/mol. The van der Waals surface area contributed by atoms with Gasteiger partial charge in [-0.2, -0.15) is 0 Å². The number of hydrogen-bond donors (Lipinski definition) is 2. The van der Waals surface area contributed by atoms with Gasteiger partial charge in [0.15, 0.2) is 0 Å². The van der Waals surface area contributed by atoms with E-state index < -0.39 is 5.60 Å². The minimum atomic E-state index is -0.612. The van der Waals surface area contributed by atoms with Crippen molar-refractivity contribution in [3.05, 3.63) is 29.6 Å². The highest BCUT2D eigenvalue weighted by Gasteiger charge is 2.30. The van der Waals surface area contributed by atoms with Crippen LogP contribution in [0, 0.1) is 5.82 Å². The van der Waals surface area contributed by atoms with Crippen molar-refractivity contribution in [1.29, 1.82) is 0 Å². The number of benzene rings is 1. The first-order valence-electron chi connectivity index (χ1n) is 5.44. The molecule has 2 rings (SSSR count). The summed E-state index contributed by atoms with van der Waals surface area (Å²) in [5.41, 5.74) is 6.27. The Morgan fingerprint density at radius 2 is 2.25 bits per heavy atom. The summed E-state index contributed by atoms with van der Waals surface area (Å²) < 4.78 is 13.1. The number of nitrogens with two attached hydrogens (primary N) is 1. The van der Waals surface area contributed by atoms with Gasteiger partial charge in [-0.3, -0.25) is 4.90 Å². The summed E-state index contributed by atoms with van der Waals surface area (Å²) in [6, 6.07) is 4.57. The van der Waals surface area contributed by atoms with E-state index in [1.807, 2.05) is 6.92 Å². The molecular formula is C12H17FN2O. The van der Waals surface area contributed by atoms with Crippen LogP contribution in [-0.2, 0) is 6.54 Å². The van der Waals surface area contributed by atoms with E-state index in [0.29, 0.717) is 18.8 Å². The molecule has 1 aromatic carbocycles. The summed E-state index contributed by atoms with van der Waals surface area (Å²) in [6.07, 6.45) is 0.762. The Morgan fingerprint density at radius 1 is 1.50 bits per heavy atom. The SMILES string of the molecule is CC1(O)CCN(Cc2cc(N)cc(F)c2)C1. The Kier molecular flexibility index (Phi) is 2.86. The van der Waals surface area contributed by atoms with Gasteiger partial charge in [-0.1, -0.05) is 0 Å². The van der Waals surface area contributed by atoms with Crippen LogP contribution < -0.4 is 5.73 Å². The second-order valence-corrected chi connectivity index (χ2v) is 4.85. The van der Waals surface area contributed by atoms with Gasteiger partial charge in [-0.25, -0.2) is 4.39 Å². The number of anilines is 1. The molecule has 1 fully saturated rings. The Balaban J connectivity index is 2.05. The molecule has 0 saturated carbocycles. The largest absolute Gasteiger partial charge is 0.399 e. The maximum Gasteiger partial charge on any atom is 0.125 e. The lowest BCUT2D eigenvalue weighted by Gasteiger charge is -2.18. The Bertz CT molecular complexity index is 372. The van der Waals surface area contributed by atoms with Crippen LogP contribution in [0.15, 0.2) is 18.2 Å². The van der Waals surface area contributed by atoms with Crippen molar-refractivity contribution in [3.63, 3.8) is 0 Å². The van der Waals surface area contributed by atoms with Gasteiger partial charge in [0.05, 0.1) is 5.60 Å². The third-order valence-corrected chi connectivity index (χ3v) is 2.92. The molecule has 3 N–H and O–H groups in total. The van der Waals surface area contributed by atoms with Crippen molar-refractivity contribution >= 4 is 5.69 Å². The molecule has 88 valence electrons. The average Bonchev–Trinajstić information content (AvgIpc) is 2.43. The van der Waals surface area contributed by atoms with E-state index in [2.05, 4.69) is 4.90 Å². The first-order chi connectivity index (χ1) is 7.44. The van der Waals surface area contributed by atoms with Crippen LogP contribution in [0.2, 0.25) is 0 Å². The van der Waals surface area contributed by atoms with Crippen LogP contribution in [0.1, 0.15) is 18.9 Å². The second kappa shape index (κ2) is 4.03. The Morgan fingerprint density at radius 3 is 2.81 bits per heavy atom. The smallest absolute Gasteiger partial charge is 0.125 e. The van der Waals surface area contributed by atoms with E-state index in [-0.39, 0.29) is 5.82 Å². The van der Waals surface area contributed by atoms with Crippen molar-refractivity contribution in [2.75, 3.05) is 18.8 Å². The number of likely N-dealkylation sites (tertiary alicyclic amines) is 1. The molecule has 1 saturated heterocycles. The number of halogens is 1. The molecule has 0 bridgehead atoms. The van der Waals surface area contributed by atoms with Crippen molar-refractivity contribution in [2.45, 2.75) is 25.5 Å². The lowest BCUT2D eigenvalue weighted by Crippen LogP contribution is -2.29.